The molecule has 2 aromatic rings. The number of anilines is 1. The molecule has 108 valence electrons. The molecular formula is C15H22N4O. The number of amides is 1. The summed E-state index contributed by atoms with van der Waals surface area (Å²) < 4.78 is 0. The molecule has 4 N–H and O–H groups in total. The molecule has 0 radical (unpaired) electrons. The SMILES string of the molecule is CC(C)CC(CN)CC(=O)Nc1ccc2[nH]ncc2c1. The van der Waals surface area contributed by atoms with Crippen LogP contribution in [-0.2, 0) is 4.79 Å². The maximum absolute atomic E-state index is 12.0. The lowest BCUT2D eigenvalue weighted by atomic mass is 9.94. The minimum atomic E-state index is 0.0175. The first-order chi connectivity index (χ1) is 9.58. The number of nitrogens with two attached hydrogens (primary N) is 1. The van der Waals surface area contributed by atoms with E-state index in [1.165, 1.54) is 0 Å². The molecule has 5 nitrogen and oxygen atoms in total. The lowest BCUT2D eigenvalue weighted by Gasteiger charge is -2.16. The van der Waals surface area contributed by atoms with Gasteiger partial charge in [-0.3, -0.25) is 9.89 Å². The third-order valence-electron chi connectivity index (χ3n) is 3.34. The van der Waals surface area contributed by atoms with Crippen molar-refractivity contribution in [2.45, 2.75) is 26.7 Å². The predicted octanol–water partition coefficient (Wildman–Crippen LogP) is 2.51. The molecule has 0 aliphatic rings. The summed E-state index contributed by atoms with van der Waals surface area (Å²) in [4.78, 5) is 12.0. The number of aromatic nitrogens is 2. The van der Waals surface area contributed by atoms with E-state index in [0.717, 1.165) is 23.0 Å². The Kier molecular flexibility index (Phi) is 4.74. The molecule has 0 bridgehead atoms. The van der Waals surface area contributed by atoms with Gasteiger partial charge in [-0.25, -0.2) is 0 Å². The molecule has 0 spiro atoms. The van der Waals surface area contributed by atoms with Crippen LogP contribution in [0.1, 0.15) is 26.7 Å². The van der Waals surface area contributed by atoms with Crippen molar-refractivity contribution in [1.82, 2.24) is 10.2 Å². The fourth-order valence-corrected chi connectivity index (χ4v) is 2.42. The van der Waals surface area contributed by atoms with Gasteiger partial charge in [-0.1, -0.05) is 13.8 Å². The number of nitrogens with one attached hydrogen (secondary N) is 2. The summed E-state index contributed by atoms with van der Waals surface area (Å²) in [6.45, 7) is 4.84. The Morgan fingerprint density at radius 2 is 2.25 bits per heavy atom. The van der Waals surface area contributed by atoms with E-state index < -0.39 is 0 Å². The summed E-state index contributed by atoms with van der Waals surface area (Å²) in [5.41, 5.74) is 7.49. The van der Waals surface area contributed by atoms with Crippen LogP contribution in [0.2, 0.25) is 0 Å². The highest BCUT2D eigenvalue weighted by Crippen LogP contribution is 2.19. The second-order valence-electron chi connectivity index (χ2n) is 5.66. The van der Waals surface area contributed by atoms with Gasteiger partial charge in [0.05, 0.1) is 11.7 Å². The Morgan fingerprint density at radius 1 is 1.45 bits per heavy atom. The van der Waals surface area contributed by atoms with E-state index in [1.54, 1.807) is 6.20 Å². The number of carbonyl (C=O) groups excluding carboxylic acids is 1. The van der Waals surface area contributed by atoms with Crippen LogP contribution in [0.15, 0.2) is 24.4 Å². The van der Waals surface area contributed by atoms with E-state index in [2.05, 4.69) is 29.4 Å². The summed E-state index contributed by atoms with van der Waals surface area (Å²) in [6.07, 6.45) is 3.19. The molecule has 2 rings (SSSR count). The maximum Gasteiger partial charge on any atom is 0.224 e. The second-order valence-corrected chi connectivity index (χ2v) is 5.66. The van der Waals surface area contributed by atoms with Crippen molar-refractivity contribution in [3.63, 3.8) is 0 Å². The average molecular weight is 274 g/mol. The maximum atomic E-state index is 12.0. The summed E-state index contributed by atoms with van der Waals surface area (Å²) in [6, 6.07) is 5.70. The minimum Gasteiger partial charge on any atom is -0.330 e. The van der Waals surface area contributed by atoms with Crippen molar-refractivity contribution >= 4 is 22.5 Å². The Balaban J connectivity index is 1.96. The van der Waals surface area contributed by atoms with Crippen molar-refractivity contribution < 1.29 is 4.79 Å². The van der Waals surface area contributed by atoms with Crippen molar-refractivity contribution in [1.29, 1.82) is 0 Å². The van der Waals surface area contributed by atoms with Crippen LogP contribution in [0.25, 0.3) is 10.9 Å². The van der Waals surface area contributed by atoms with Gasteiger partial charge in [0.25, 0.3) is 0 Å². The Morgan fingerprint density at radius 3 is 2.95 bits per heavy atom. The standard InChI is InChI=1S/C15H22N4O/c1-10(2)5-11(8-16)6-15(20)18-13-3-4-14-12(7-13)9-17-19-14/h3-4,7,9-11H,5-6,8,16H2,1-2H3,(H,17,19)(H,18,20). The van der Waals surface area contributed by atoms with Gasteiger partial charge in [-0.2, -0.15) is 5.10 Å². The summed E-state index contributed by atoms with van der Waals surface area (Å²) >= 11 is 0. The Labute approximate surface area is 118 Å². The smallest absolute Gasteiger partial charge is 0.224 e. The van der Waals surface area contributed by atoms with Crippen LogP contribution >= 0.6 is 0 Å². The molecular weight excluding hydrogens is 252 g/mol. The molecule has 0 aliphatic carbocycles. The van der Waals surface area contributed by atoms with Gasteiger partial charge >= 0.3 is 0 Å². The first-order valence-electron chi connectivity index (χ1n) is 7.01. The van der Waals surface area contributed by atoms with Gasteiger partial charge in [-0.15, -0.1) is 0 Å². The van der Waals surface area contributed by atoms with E-state index in [4.69, 9.17) is 5.73 Å². The fraction of sp³-hybridized carbons (Fsp3) is 0.467. The van der Waals surface area contributed by atoms with Gasteiger partial charge < -0.3 is 11.1 Å². The summed E-state index contributed by atoms with van der Waals surface area (Å²) in [7, 11) is 0. The van der Waals surface area contributed by atoms with Crippen molar-refractivity contribution in [2.75, 3.05) is 11.9 Å². The van der Waals surface area contributed by atoms with E-state index in [1.807, 2.05) is 18.2 Å². The van der Waals surface area contributed by atoms with E-state index in [-0.39, 0.29) is 11.8 Å². The number of nitrogens with zero attached hydrogens (tertiary/aromatic N) is 1. The van der Waals surface area contributed by atoms with Crippen LogP contribution in [0.5, 0.6) is 0 Å². The molecule has 1 aromatic carbocycles. The molecule has 1 unspecified atom stereocenters. The van der Waals surface area contributed by atoms with Crippen molar-refractivity contribution in [3.8, 4) is 0 Å². The first kappa shape index (κ1) is 14.5. The topological polar surface area (TPSA) is 83.8 Å². The number of hydrogen-bond donors (Lipinski definition) is 3. The zero-order valence-electron chi connectivity index (χ0n) is 12.0. The molecule has 0 aliphatic heterocycles. The number of H-pyrrole nitrogens is 1. The molecule has 1 aromatic heterocycles. The fourth-order valence-electron chi connectivity index (χ4n) is 2.42. The summed E-state index contributed by atoms with van der Waals surface area (Å²) in [5.74, 6) is 0.815. The van der Waals surface area contributed by atoms with Crippen molar-refractivity contribution in [3.05, 3.63) is 24.4 Å². The molecule has 1 amide bonds. The highest BCUT2D eigenvalue weighted by Gasteiger charge is 2.14. The minimum absolute atomic E-state index is 0.0175. The van der Waals surface area contributed by atoms with Crippen LogP contribution in [0.4, 0.5) is 5.69 Å². The second kappa shape index (κ2) is 6.52. The number of fused-ring (bicyclic) bond motifs is 1. The first-order valence-corrected chi connectivity index (χ1v) is 7.01. The number of rotatable bonds is 6. The van der Waals surface area contributed by atoms with Gasteiger partial charge in [0, 0.05) is 17.5 Å². The molecule has 0 fully saturated rings. The third kappa shape index (κ3) is 3.81. The molecule has 0 saturated heterocycles. The largest absolute Gasteiger partial charge is 0.330 e. The quantitative estimate of drug-likeness (QED) is 0.756. The highest BCUT2D eigenvalue weighted by atomic mass is 16.1. The van der Waals surface area contributed by atoms with Gasteiger partial charge in [0.15, 0.2) is 0 Å². The van der Waals surface area contributed by atoms with E-state index in [0.29, 0.717) is 18.9 Å². The lowest BCUT2D eigenvalue weighted by molar-refractivity contribution is -0.117. The Bertz CT molecular complexity index is 576. The third-order valence-corrected chi connectivity index (χ3v) is 3.34. The van der Waals surface area contributed by atoms with Crippen LogP contribution < -0.4 is 11.1 Å². The molecule has 1 heterocycles. The lowest BCUT2D eigenvalue weighted by Crippen LogP contribution is -2.23. The summed E-state index contributed by atoms with van der Waals surface area (Å²) in [5, 5.41) is 10.8. The number of hydrogen-bond acceptors (Lipinski definition) is 3. The number of carbonyl (C=O) groups is 1. The van der Waals surface area contributed by atoms with Crippen LogP contribution in [0.3, 0.4) is 0 Å². The van der Waals surface area contributed by atoms with Crippen molar-refractivity contribution in [2.24, 2.45) is 17.6 Å². The zero-order valence-corrected chi connectivity index (χ0v) is 12.0. The number of aromatic amines is 1. The monoisotopic (exact) mass is 274 g/mol. The molecule has 20 heavy (non-hydrogen) atoms. The van der Waals surface area contributed by atoms with Gasteiger partial charge in [0.2, 0.25) is 5.91 Å². The van der Waals surface area contributed by atoms with Crippen LogP contribution in [0, 0.1) is 11.8 Å². The predicted molar refractivity (Wildman–Crippen MR) is 81.3 cm³/mol. The molecule has 1 atom stereocenters. The molecule has 0 saturated carbocycles. The van der Waals surface area contributed by atoms with Gasteiger partial charge in [0.1, 0.15) is 0 Å². The number of benzene rings is 1. The van der Waals surface area contributed by atoms with Crippen LogP contribution in [-0.4, -0.2) is 22.6 Å². The normalized spacial score (nSPS) is 12.8. The average Bonchev–Trinajstić information content (AvgIpc) is 2.84. The Hall–Kier alpha value is -1.88. The van der Waals surface area contributed by atoms with E-state index >= 15 is 0 Å². The zero-order chi connectivity index (χ0) is 14.5. The van der Waals surface area contributed by atoms with E-state index in [9.17, 15) is 4.79 Å². The molecule has 5 heteroatoms. The highest BCUT2D eigenvalue weighted by molar-refractivity contribution is 5.93. The van der Waals surface area contributed by atoms with Gasteiger partial charge in [-0.05, 0) is 43.0 Å².